The monoisotopic (exact) mass is 545 g/mol. The third-order valence-electron chi connectivity index (χ3n) is 7.53. The molecule has 1 amide bonds. The first-order valence-corrected chi connectivity index (χ1v) is 13.9. The summed E-state index contributed by atoms with van der Waals surface area (Å²) in [6.45, 7) is 1.61. The van der Waals surface area contributed by atoms with E-state index in [2.05, 4.69) is 27.0 Å². The molecule has 8 heteroatoms. The predicted octanol–water partition coefficient (Wildman–Crippen LogP) is 7.32. The first kappa shape index (κ1) is 26.2. The number of fused-ring (bicyclic) bond motifs is 1. The maximum Gasteiger partial charge on any atom is 0.411 e. The lowest BCUT2D eigenvalue weighted by molar-refractivity contribution is 0.155. The molecule has 1 saturated carbocycles. The number of carbonyl (C=O) groups excluding carboxylic acids is 1. The molecule has 2 heterocycles. The van der Waals surface area contributed by atoms with Crippen molar-refractivity contribution < 1.29 is 14.3 Å². The number of aromatic nitrogens is 3. The Morgan fingerprint density at radius 1 is 1.07 bits per heavy atom. The zero-order valence-electron chi connectivity index (χ0n) is 22.7. The number of amides is 1. The van der Waals surface area contributed by atoms with Crippen molar-refractivity contribution in [1.82, 2.24) is 14.1 Å². The van der Waals surface area contributed by atoms with Gasteiger partial charge in [-0.2, -0.15) is 5.26 Å². The van der Waals surface area contributed by atoms with E-state index in [1.165, 1.54) is 6.42 Å². The van der Waals surface area contributed by atoms with Gasteiger partial charge in [-0.25, -0.2) is 9.78 Å². The van der Waals surface area contributed by atoms with Crippen LogP contribution in [0.1, 0.15) is 42.9 Å². The summed E-state index contributed by atoms with van der Waals surface area (Å²) >= 11 is 0. The van der Waals surface area contributed by atoms with Gasteiger partial charge in [0.2, 0.25) is 0 Å². The Morgan fingerprint density at radius 3 is 2.61 bits per heavy atom. The molecule has 0 radical (unpaired) electrons. The summed E-state index contributed by atoms with van der Waals surface area (Å²) < 4.78 is 15.8. The van der Waals surface area contributed by atoms with Crippen molar-refractivity contribution in [1.29, 1.82) is 5.26 Å². The van der Waals surface area contributed by atoms with Crippen LogP contribution < -0.4 is 10.1 Å². The average Bonchev–Trinajstić information content (AvgIpc) is 3.60. The molecular formula is C33H31N5O3. The first-order valence-electron chi connectivity index (χ1n) is 13.9. The highest BCUT2D eigenvalue weighted by molar-refractivity contribution is 5.96. The van der Waals surface area contributed by atoms with Crippen LogP contribution in [0.25, 0.3) is 22.2 Å². The molecule has 2 aromatic heterocycles. The Bertz CT molecular complexity index is 1660. The second-order valence-electron chi connectivity index (χ2n) is 10.2. The number of hydrogen-bond acceptors (Lipinski definition) is 5. The summed E-state index contributed by atoms with van der Waals surface area (Å²) in [4.78, 5) is 16.4. The lowest BCUT2D eigenvalue weighted by atomic mass is 9.92. The van der Waals surface area contributed by atoms with Gasteiger partial charge in [0, 0.05) is 36.1 Å². The van der Waals surface area contributed by atoms with Crippen LogP contribution in [0.2, 0.25) is 0 Å². The molecule has 0 spiro atoms. The van der Waals surface area contributed by atoms with Gasteiger partial charge in [-0.15, -0.1) is 0 Å². The van der Waals surface area contributed by atoms with Gasteiger partial charge in [0.1, 0.15) is 18.4 Å². The van der Waals surface area contributed by atoms with Gasteiger partial charge < -0.3 is 18.6 Å². The van der Waals surface area contributed by atoms with Crippen molar-refractivity contribution in [2.45, 2.75) is 44.9 Å². The van der Waals surface area contributed by atoms with Crippen molar-refractivity contribution in [3.63, 3.8) is 0 Å². The molecule has 3 aromatic carbocycles. The van der Waals surface area contributed by atoms with Crippen LogP contribution in [0.3, 0.4) is 0 Å². The van der Waals surface area contributed by atoms with Gasteiger partial charge >= 0.3 is 6.09 Å². The number of aryl methyl sites for hydroxylation is 1. The number of benzene rings is 3. The van der Waals surface area contributed by atoms with Crippen molar-refractivity contribution >= 4 is 22.7 Å². The van der Waals surface area contributed by atoms with Crippen LogP contribution in [-0.4, -0.2) is 26.8 Å². The molecule has 5 aromatic rings. The van der Waals surface area contributed by atoms with Crippen molar-refractivity contribution in [3.8, 4) is 23.1 Å². The fraction of sp³-hybridized carbons (Fsp3) is 0.242. The Kier molecular flexibility index (Phi) is 7.68. The summed E-state index contributed by atoms with van der Waals surface area (Å²) in [6.07, 6.45) is 9.20. The summed E-state index contributed by atoms with van der Waals surface area (Å²) in [6, 6.07) is 26.0. The molecule has 1 N–H and O–H groups in total. The highest BCUT2D eigenvalue weighted by Crippen LogP contribution is 2.43. The average molecular weight is 546 g/mol. The zero-order valence-corrected chi connectivity index (χ0v) is 22.7. The molecule has 0 bridgehead atoms. The van der Waals surface area contributed by atoms with E-state index in [4.69, 9.17) is 9.47 Å². The molecule has 206 valence electrons. The van der Waals surface area contributed by atoms with E-state index in [0.717, 1.165) is 59.3 Å². The Morgan fingerprint density at radius 2 is 1.90 bits per heavy atom. The molecule has 1 fully saturated rings. The number of nitrogens with one attached hydrogen (secondary N) is 1. The Hall–Kier alpha value is -5.03. The Labute approximate surface area is 238 Å². The quantitative estimate of drug-likeness (QED) is 0.186. The maximum atomic E-state index is 12.3. The lowest BCUT2D eigenvalue weighted by Crippen LogP contribution is -2.18. The molecule has 41 heavy (non-hydrogen) atoms. The van der Waals surface area contributed by atoms with Crippen LogP contribution in [0.15, 0.2) is 91.5 Å². The topological polar surface area (TPSA) is 94.1 Å². The first-order chi connectivity index (χ1) is 20.2. The van der Waals surface area contributed by atoms with E-state index in [0.29, 0.717) is 23.9 Å². The van der Waals surface area contributed by atoms with Crippen LogP contribution in [0.4, 0.5) is 10.5 Å². The van der Waals surface area contributed by atoms with E-state index >= 15 is 0 Å². The molecule has 0 atom stereocenters. The molecule has 0 saturated heterocycles. The SMILES string of the molecule is N#Cc1c(-c2ccc(NC(=O)OCc3ccccc3)cc2)n(C2CCC2)c2ccc(OCCCn3ccnc3)cc12. The molecular weight excluding hydrogens is 514 g/mol. The minimum absolute atomic E-state index is 0.202. The van der Waals surface area contributed by atoms with Crippen LogP contribution in [0.5, 0.6) is 5.75 Å². The van der Waals surface area contributed by atoms with Crippen molar-refractivity contribution in [2.75, 3.05) is 11.9 Å². The van der Waals surface area contributed by atoms with Gasteiger partial charge in [-0.05, 0) is 67.1 Å². The summed E-state index contributed by atoms with van der Waals surface area (Å²) in [5.41, 5.74) is 5.06. The molecule has 6 rings (SSSR count). The van der Waals surface area contributed by atoms with Gasteiger partial charge in [-0.3, -0.25) is 5.32 Å². The predicted molar refractivity (Wildman–Crippen MR) is 158 cm³/mol. The molecule has 1 aliphatic rings. The van der Waals surface area contributed by atoms with E-state index in [1.54, 1.807) is 12.5 Å². The fourth-order valence-corrected chi connectivity index (χ4v) is 5.25. The second-order valence-corrected chi connectivity index (χ2v) is 10.2. The van der Waals surface area contributed by atoms with E-state index < -0.39 is 6.09 Å². The number of ether oxygens (including phenoxy) is 2. The van der Waals surface area contributed by atoms with Crippen molar-refractivity contribution in [2.24, 2.45) is 0 Å². The number of anilines is 1. The molecule has 8 nitrogen and oxygen atoms in total. The third kappa shape index (κ3) is 5.80. The summed E-state index contributed by atoms with van der Waals surface area (Å²) in [5, 5.41) is 14.0. The second kappa shape index (κ2) is 12.0. The van der Waals surface area contributed by atoms with Crippen molar-refractivity contribution in [3.05, 3.63) is 103 Å². The van der Waals surface area contributed by atoms with Gasteiger partial charge in [0.25, 0.3) is 0 Å². The van der Waals surface area contributed by atoms with Crippen LogP contribution in [-0.2, 0) is 17.9 Å². The highest BCUT2D eigenvalue weighted by atomic mass is 16.5. The number of hydrogen-bond donors (Lipinski definition) is 1. The zero-order chi connectivity index (χ0) is 28.0. The number of rotatable bonds is 10. The maximum absolute atomic E-state index is 12.3. The Balaban J connectivity index is 1.21. The molecule has 0 unspecified atom stereocenters. The van der Waals surface area contributed by atoms with Crippen LogP contribution >= 0.6 is 0 Å². The van der Waals surface area contributed by atoms with Gasteiger partial charge in [-0.1, -0.05) is 42.5 Å². The minimum Gasteiger partial charge on any atom is -0.494 e. The number of carbonyl (C=O) groups is 1. The van der Waals surface area contributed by atoms with E-state index in [1.807, 2.05) is 77.5 Å². The molecule has 0 aliphatic heterocycles. The largest absolute Gasteiger partial charge is 0.494 e. The summed E-state index contributed by atoms with van der Waals surface area (Å²) in [7, 11) is 0. The minimum atomic E-state index is -0.513. The fourth-order valence-electron chi connectivity index (χ4n) is 5.25. The third-order valence-corrected chi connectivity index (χ3v) is 7.53. The summed E-state index contributed by atoms with van der Waals surface area (Å²) in [5.74, 6) is 0.755. The molecule has 1 aliphatic carbocycles. The smallest absolute Gasteiger partial charge is 0.411 e. The number of imidazole rings is 1. The standard InChI is InChI=1S/C33H31N5O3/c34-21-30-29-20-28(40-19-5-17-37-18-16-35-23-37)14-15-31(29)38(27-8-4-9-27)32(30)25-10-12-26(13-11-25)36-33(39)41-22-24-6-2-1-3-7-24/h1-3,6-7,10-16,18,20,23,27H,4-5,8-9,17,19,22H2,(H,36,39). The van der Waals surface area contributed by atoms with Gasteiger partial charge in [0.15, 0.2) is 0 Å². The highest BCUT2D eigenvalue weighted by Gasteiger charge is 2.28. The van der Waals surface area contributed by atoms with Gasteiger partial charge in [0.05, 0.1) is 29.7 Å². The lowest BCUT2D eigenvalue weighted by Gasteiger charge is -2.30. The number of nitrogens with zero attached hydrogens (tertiary/aromatic N) is 4. The van der Waals surface area contributed by atoms with E-state index in [9.17, 15) is 10.1 Å². The number of nitriles is 1. The van der Waals surface area contributed by atoms with Crippen LogP contribution in [0, 0.1) is 11.3 Å². The van der Waals surface area contributed by atoms with E-state index in [-0.39, 0.29) is 6.61 Å². The normalized spacial score (nSPS) is 13.0.